The van der Waals surface area contributed by atoms with Gasteiger partial charge < -0.3 is 16.4 Å². The molecule has 0 aliphatic carbocycles. The van der Waals surface area contributed by atoms with Gasteiger partial charge in [0.05, 0.1) is 11.4 Å². The minimum atomic E-state index is -0.0791. The predicted molar refractivity (Wildman–Crippen MR) is 94.2 cm³/mol. The Labute approximate surface area is 132 Å². The fourth-order valence-corrected chi connectivity index (χ4v) is 2.57. The SMILES string of the molecule is CCNC(=O)c1ccc(NCCCCCCSC)c(N)c1. The molecule has 0 radical (unpaired) electrons. The fourth-order valence-electron chi connectivity index (χ4n) is 2.08. The number of thioether (sulfide) groups is 1. The standard InChI is InChI=1S/C16H27N3OS/c1-3-18-16(20)13-8-9-15(14(17)12-13)19-10-6-4-5-7-11-21-2/h8-9,12,19H,3-7,10-11,17H2,1-2H3,(H,18,20). The van der Waals surface area contributed by atoms with Crippen molar-refractivity contribution in [2.75, 3.05) is 36.1 Å². The summed E-state index contributed by atoms with van der Waals surface area (Å²) < 4.78 is 0. The number of hydrogen-bond donors (Lipinski definition) is 3. The van der Waals surface area contributed by atoms with Gasteiger partial charge in [-0.05, 0) is 50.0 Å². The molecule has 5 heteroatoms. The number of nitrogens with two attached hydrogens (primary N) is 1. The maximum atomic E-state index is 11.7. The van der Waals surface area contributed by atoms with E-state index in [1.807, 2.05) is 30.8 Å². The van der Waals surface area contributed by atoms with Crippen LogP contribution < -0.4 is 16.4 Å². The van der Waals surface area contributed by atoms with Crippen LogP contribution in [-0.2, 0) is 0 Å². The van der Waals surface area contributed by atoms with E-state index in [0.29, 0.717) is 17.8 Å². The summed E-state index contributed by atoms with van der Waals surface area (Å²) in [5.41, 5.74) is 8.13. The van der Waals surface area contributed by atoms with Crippen LogP contribution in [0.5, 0.6) is 0 Å². The molecule has 0 saturated carbocycles. The Morgan fingerprint density at radius 2 is 2.00 bits per heavy atom. The van der Waals surface area contributed by atoms with Crippen molar-refractivity contribution in [1.29, 1.82) is 0 Å². The molecule has 1 rings (SSSR count). The first-order valence-electron chi connectivity index (χ1n) is 7.59. The zero-order valence-electron chi connectivity index (χ0n) is 13.1. The lowest BCUT2D eigenvalue weighted by Crippen LogP contribution is -2.22. The Balaban J connectivity index is 2.34. The lowest BCUT2D eigenvalue weighted by atomic mass is 10.1. The summed E-state index contributed by atoms with van der Waals surface area (Å²) in [7, 11) is 0. The highest BCUT2D eigenvalue weighted by Crippen LogP contribution is 2.20. The van der Waals surface area contributed by atoms with Crippen molar-refractivity contribution >= 4 is 29.0 Å². The Hall–Kier alpha value is -1.36. The number of rotatable bonds is 10. The predicted octanol–water partition coefficient (Wildman–Crippen LogP) is 3.35. The molecule has 4 nitrogen and oxygen atoms in total. The maximum absolute atomic E-state index is 11.7. The van der Waals surface area contributed by atoms with Gasteiger partial charge in [-0.25, -0.2) is 0 Å². The number of hydrogen-bond acceptors (Lipinski definition) is 4. The molecule has 4 N–H and O–H groups in total. The van der Waals surface area contributed by atoms with Crippen molar-refractivity contribution in [2.24, 2.45) is 0 Å². The molecule has 0 aliphatic heterocycles. The first kappa shape index (κ1) is 17.7. The molecule has 0 unspecified atom stereocenters. The van der Waals surface area contributed by atoms with Crippen LogP contribution in [0.15, 0.2) is 18.2 Å². The van der Waals surface area contributed by atoms with Crippen molar-refractivity contribution in [3.05, 3.63) is 23.8 Å². The Bertz CT molecular complexity index is 438. The smallest absolute Gasteiger partial charge is 0.251 e. The summed E-state index contributed by atoms with van der Waals surface area (Å²) >= 11 is 1.91. The van der Waals surface area contributed by atoms with Crippen LogP contribution in [0.4, 0.5) is 11.4 Å². The van der Waals surface area contributed by atoms with Crippen molar-refractivity contribution in [3.63, 3.8) is 0 Å². The molecule has 21 heavy (non-hydrogen) atoms. The van der Waals surface area contributed by atoms with E-state index in [1.54, 1.807) is 6.07 Å². The van der Waals surface area contributed by atoms with Crippen molar-refractivity contribution in [3.8, 4) is 0 Å². The topological polar surface area (TPSA) is 67.2 Å². The molecule has 0 spiro atoms. The largest absolute Gasteiger partial charge is 0.397 e. The lowest BCUT2D eigenvalue weighted by Gasteiger charge is -2.11. The number of amides is 1. The van der Waals surface area contributed by atoms with Gasteiger partial charge in [0.1, 0.15) is 0 Å². The summed E-state index contributed by atoms with van der Waals surface area (Å²) in [4.78, 5) is 11.7. The molecule has 1 aromatic rings. The Morgan fingerprint density at radius 3 is 2.67 bits per heavy atom. The first-order chi connectivity index (χ1) is 10.2. The van der Waals surface area contributed by atoms with Crippen LogP contribution in [-0.4, -0.2) is 31.0 Å². The molecule has 0 bridgehead atoms. The van der Waals surface area contributed by atoms with Crippen LogP contribution in [0.2, 0.25) is 0 Å². The molecular weight excluding hydrogens is 282 g/mol. The third-order valence-electron chi connectivity index (χ3n) is 3.24. The molecule has 0 aliphatic rings. The van der Waals surface area contributed by atoms with Gasteiger partial charge in [-0.2, -0.15) is 11.8 Å². The monoisotopic (exact) mass is 309 g/mol. The van der Waals surface area contributed by atoms with E-state index < -0.39 is 0 Å². The number of unbranched alkanes of at least 4 members (excludes halogenated alkanes) is 3. The third-order valence-corrected chi connectivity index (χ3v) is 3.94. The van der Waals surface area contributed by atoms with E-state index in [-0.39, 0.29) is 5.91 Å². The highest BCUT2D eigenvalue weighted by atomic mass is 32.2. The average Bonchev–Trinajstić information content (AvgIpc) is 2.48. The molecule has 0 atom stereocenters. The molecule has 0 saturated heterocycles. The van der Waals surface area contributed by atoms with Gasteiger partial charge in [-0.3, -0.25) is 4.79 Å². The van der Waals surface area contributed by atoms with Gasteiger partial charge >= 0.3 is 0 Å². The minimum Gasteiger partial charge on any atom is -0.397 e. The van der Waals surface area contributed by atoms with Gasteiger partial charge in [-0.15, -0.1) is 0 Å². The van der Waals surface area contributed by atoms with E-state index in [2.05, 4.69) is 16.9 Å². The van der Waals surface area contributed by atoms with Crippen LogP contribution in [0.25, 0.3) is 0 Å². The summed E-state index contributed by atoms with van der Waals surface area (Å²) in [5.74, 6) is 1.17. The molecule has 0 heterocycles. The van der Waals surface area contributed by atoms with Crippen molar-refractivity contribution < 1.29 is 4.79 Å². The van der Waals surface area contributed by atoms with Crippen LogP contribution >= 0.6 is 11.8 Å². The van der Waals surface area contributed by atoms with Gasteiger partial charge in [0.2, 0.25) is 0 Å². The highest BCUT2D eigenvalue weighted by Gasteiger charge is 2.06. The third kappa shape index (κ3) is 6.76. The van der Waals surface area contributed by atoms with E-state index in [4.69, 9.17) is 5.73 Å². The van der Waals surface area contributed by atoms with Crippen LogP contribution in [0.1, 0.15) is 43.0 Å². The molecular formula is C16H27N3OS. The van der Waals surface area contributed by atoms with Gasteiger partial charge in [0, 0.05) is 18.7 Å². The van der Waals surface area contributed by atoms with Gasteiger partial charge in [-0.1, -0.05) is 12.8 Å². The fraction of sp³-hybridized carbons (Fsp3) is 0.562. The highest BCUT2D eigenvalue weighted by molar-refractivity contribution is 7.98. The normalized spacial score (nSPS) is 10.4. The van der Waals surface area contributed by atoms with Crippen molar-refractivity contribution in [2.45, 2.75) is 32.6 Å². The number of nitrogens with one attached hydrogen (secondary N) is 2. The second kappa shape index (κ2) is 10.4. The van der Waals surface area contributed by atoms with E-state index in [1.165, 1.54) is 25.0 Å². The number of benzene rings is 1. The Kier molecular flexibility index (Phi) is 8.74. The first-order valence-corrected chi connectivity index (χ1v) is 8.99. The molecule has 0 fully saturated rings. The zero-order valence-corrected chi connectivity index (χ0v) is 13.9. The quantitative estimate of drug-likeness (QED) is 0.458. The summed E-state index contributed by atoms with van der Waals surface area (Å²) in [6, 6.07) is 5.42. The number of anilines is 2. The average molecular weight is 309 g/mol. The molecule has 1 amide bonds. The van der Waals surface area contributed by atoms with Gasteiger partial charge in [0.25, 0.3) is 5.91 Å². The molecule has 0 aromatic heterocycles. The minimum absolute atomic E-state index is 0.0791. The van der Waals surface area contributed by atoms with E-state index >= 15 is 0 Å². The molecule has 118 valence electrons. The number of nitrogen functional groups attached to an aromatic ring is 1. The summed E-state index contributed by atoms with van der Waals surface area (Å²) in [5, 5.41) is 6.11. The second-order valence-corrected chi connectivity index (χ2v) is 5.98. The second-order valence-electron chi connectivity index (χ2n) is 5.00. The zero-order chi connectivity index (χ0) is 15.5. The van der Waals surface area contributed by atoms with E-state index in [9.17, 15) is 4.79 Å². The Morgan fingerprint density at radius 1 is 1.24 bits per heavy atom. The number of carbonyl (C=O) groups excluding carboxylic acids is 1. The summed E-state index contributed by atoms with van der Waals surface area (Å²) in [6.07, 6.45) is 7.11. The summed E-state index contributed by atoms with van der Waals surface area (Å²) in [6.45, 7) is 3.44. The molecule has 1 aromatic carbocycles. The lowest BCUT2D eigenvalue weighted by molar-refractivity contribution is 0.0956. The van der Waals surface area contributed by atoms with Crippen LogP contribution in [0, 0.1) is 0 Å². The van der Waals surface area contributed by atoms with E-state index in [0.717, 1.165) is 18.7 Å². The maximum Gasteiger partial charge on any atom is 0.251 e. The van der Waals surface area contributed by atoms with Crippen molar-refractivity contribution in [1.82, 2.24) is 5.32 Å². The van der Waals surface area contributed by atoms with Gasteiger partial charge in [0.15, 0.2) is 0 Å². The number of carbonyl (C=O) groups is 1. The van der Waals surface area contributed by atoms with Crippen LogP contribution in [0.3, 0.4) is 0 Å².